The van der Waals surface area contributed by atoms with E-state index in [2.05, 4.69) is 34.9 Å². The summed E-state index contributed by atoms with van der Waals surface area (Å²) < 4.78 is 2.92. The van der Waals surface area contributed by atoms with Crippen LogP contribution in [0.2, 0.25) is 0 Å². The Morgan fingerprint density at radius 3 is 2.53 bits per heavy atom. The molecule has 1 heterocycles. The largest absolute Gasteiger partial charge is 0.299 e. The molecule has 0 atom stereocenters. The maximum absolute atomic E-state index is 12.0. The van der Waals surface area contributed by atoms with Gasteiger partial charge in [-0.1, -0.05) is 32.6 Å². The molecule has 0 radical (unpaired) electrons. The Balaban J connectivity index is 2.44. The lowest BCUT2D eigenvalue weighted by Gasteiger charge is -2.05. The Kier molecular flexibility index (Phi) is 7.36. The number of aryl methyl sites for hydroxylation is 2. The number of aromatic nitrogens is 2. The highest BCUT2D eigenvalue weighted by molar-refractivity contribution is 9.10. The van der Waals surface area contributed by atoms with Crippen LogP contribution in [0, 0.1) is 6.92 Å². The van der Waals surface area contributed by atoms with Gasteiger partial charge in [0.1, 0.15) is 5.78 Å². The second-order valence-electron chi connectivity index (χ2n) is 5.04. The molecule has 19 heavy (non-hydrogen) atoms. The SMILES string of the molecule is CCCCCCCC(=O)Cc1c(Br)c(C)nn1CC. The fourth-order valence-electron chi connectivity index (χ4n) is 2.24. The van der Waals surface area contributed by atoms with Crippen molar-refractivity contribution in [3.05, 3.63) is 15.9 Å². The lowest BCUT2D eigenvalue weighted by atomic mass is 10.1. The minimum atomic E-state index is 0.326. The van der Waals surface area contributed by atoms with Gasteiger partial charge in [0.05, 0.1) is 15.9 Å². The van der Waals surface area contributed by atoms with Crippen LogP contribution in [-0.2, 0) is 17.8 Å². The first-order chi connectivity index (χ1) is 9.10. The first kappa shape index (κ1) is 16.4. The Labute approximate surface area is 124 Å². The lowest BCUT2D eigenvalue weighted by molar-refractivity contribution is -0.118. The second-order valence-corrected chi connectivity index (χ2v) is 5.83. The second kappa shape index (κ2) is 8.51. The standard InChI is InChI=1S/C15H25BrN2O/c1-4-6-7-8-9-10-13(19)11-14-15(16)12(3)17-18(14)5-2/h4-11H2,1-3H3. The van der Waals surface area contributed by atoms with Crippen LogP contribution in [0.4, 0.5) is 0 Å². The van der Waals surface area contributed by atoms with Crippen LogP contribution in [0.5, 0.6) is 0 Å². The molecule has 0 N–H and O–H groups in total. The van der Waals surface area contributed by atoms with Crippen LogP contribution in [0.1, 0.15) is 63.8 Å². The third-order valence-electron chi connectivity index (χ3n) is 3.38. The molecule has 1 aromatic heterocycles. The van der Waals surface area contributed by atoms with E-state index < -0.39 is 0 Å². The monoisotopic (exact) mass is 328 g/mol. The highest BCUT2D eigenvalue weighted by atomic mass is 79.9. The number of unbranched alkanes of at least 4 members (excludes halogenated alkanes) is 4. The van der Waals surface area contributed by atoms with E-state index in [-0.39, 0.29) is 0 Å². The molecule has 108 valence electrons. The molecule has 0 bridgehead atoms. The van der Waals surface area contributed by atoms with Crippen molar-refractivity contribution >= 4 is 21.7 Å². The number of rotatable bonds is 9. The van der Waals surface area contributed by atoms with E-state index in [1.807, 2.05) is 11.6 Å². The predicted octanol–water partition coefficient (Wildman–Crippen LogP) is 4.45. The molecule has 4 heteroatoms. The highest BCUT2D eigenvalue weighted by Crippen LogP contribution is 2.22. The average Bonchev–Trinajstić information content (AvgIpc) is 2.66. The molecule has 0 aliphatic heterocycles. The maximum atomic E-state index is 12.0. The summed E-state index contributed by atoms with van der Waals surface area (Å²) in [5.41, 5.74) is 1.99. The van der Waals surface area contributed by atoms with Crippen LogP contribution in [0.15, 0.2) is 4.47 Å². The van der Waals surface area contributed by atoms with Crippen molar-refractivity contribution in [2.45, 2.75) is 72.3 Å². The van der Waals surface area contributed by atoms with E-state index in [0.29, 0.717) is 18.6 Å². The van der Waals surface area contributed by atoms with Gasteiger partial charge in [-0.2, -0.15) is 5.10 Å². The van der Waals surface area contributed by atoms with Gasteiger partial charge < -0.3 is 0 Å². The van der Waals surface area contributed by atoms with Crippen LogP contribution in [-0.4, -0.2) is 15.6 Å². The third-order valence-corrected chi connectivity index (χ3v) is 4.41. The van der Waals surface area contributed by atoms with Gasteiger partial charge in [-0.3, -0.25) is 9.48 Å². The normalized spacial score (nSPS) is 10.9. The molecule has 3 nitrogen and oxygen atoms in total. The van der Waals surface area contributed by atoms with Gasteiger partial charge in [0, 0.05) is 19.4 Å². The zero-order valence-electron chi connectivity index (χ0n) is 12.3. The first-order valence-corrected chi connectivity index (χ1v) is 8.12. The number of Topliss-reactive ketones (excluding diaryl/α,β-unsaturated/α-hetero) is 1. The van der Waals surface area contributed by atoms with Crippen LogP contribution < -0.4 is 0 Å². The van der Waals surface area contributed by atoms with Crippen LogP contribution in [0.3, 0.4) is 0 Å². The third kappa shape index (κ3) is 5.09. The average molecular weight is 329 g/mol. The minimum absolute atomic E-state index is 0.326. The summed E-state index contributed by atoms with van der Waals surface area (Å²) >= 11 is 3.54. The zero-order chi connectivity index (χ0) is 14.3. The summed E-state index contributed by atoms with van der Waals surface area (Å²) in [4.78, 5) is 12.0. The van der Waals surface area contributed by atoms with Gasteiger partial charge in [0.25, 0.3) is 0 Å². The molecule has 0 aliphatic rings. The summed E-state index contributed by atoms with van der Waals surface area (Å²) in [7, 11) is 0. The van der Waals surface area contributed by atoms with Crippen molar-refractivity contribution in [1.29, 1.82) is 0 Å². The molecule has 0 amide bonds. The van der Waals surface area contributed by atoms with Crippen molar-refractivity contribution in [2.75, 3.05) is 0 Å². The molecule has 0 aliphatic carbocycles. The smallest absolute Gasteiger partial charge is 0.138 e. The van der Waals surface area contributed by atoms with Crippen LogP contribution >= 0.6 is 15.9 Å². The van der Waals surface area contributed by atoms with Crippen molar-refractivity contribution in [3.8, 4) is 0 Å². The Morgan fingerprint density at radius 1 is 1.21 bits per heavy atom. The number of ketones is 1. The summed E-state index contributed by atoms with van der Waals surface area (Å²) in [5, 5.41) is 4.42. The molecule has 0 saturated carbocycles. The van der Waals surface area contributed by atoms with Crippen LogP contribution in [0.25, 0.3) is 0 Å². The van der Waals surface area contributed by atoms with E-state index in [1.165, 1.54) is 25.7 Å². The summed E-state index contributed by atoms with van der Waals surface area (Å²) in [6.07, 6.45) is 7.17. The number of carbonyl (C=O) groups is 1. The minimum Gasteiger partial charge on any atom is -0.299 e. The number of hydrogen-bond donors (Lipinski definition) is 0. The quantitative estimate of drug-likeness (QED) is 0.628. The van der Waals surface area contributed by atoms with E-state index in [4.69, 9.17) is 0 Å². The lowest BCUT2D eigenvalue weighted by Crippen LogP contribution is -2.09. The molecule has 1 rings (SSSR count). The molecule has 0 aromatic carbocycles. The van der Waals surface area contributed by atoms with Gasteiger partial charge in [-0.05, 0) is 36.2 Å². The van der Waals surface area contributed by atoms with Crippen molar-refractivity contribution in [2.24, 2.45) is 0 Å². The number of halogens is 1. The van der Waals surface area contributed by atoms with Gasteiger partial charge in [-0.15, -0.1) is 0 Å². The van der Waals surface area contributed by atoms with Gasteiger partial charge >= 0.3 is 0 Å². The maximum Gasteiger partial charge on any atom is 0.138 e. The van der Waals surface area contributed by atoms with Gasteiger partial charge in [-0.25, -0.2) is 0 Å². The Bertz CT molecular complexity index is 413. The molecular formula is C15H25BrN2O. The van der Waals surface area contributed by atoms with Crippen molar-refractivity contribution in [1.82, 2.24) is 9.78 Å². The van der Waals surface area contributed by atoms with E-state index >= 15 is 0 Å². The summed E-state index contributed by atoms with van der Waals surface area (Å²) in [6.45, 7) is 7.04. The Morgan fingerprint density at radius 2 is 1.89 bits per heavy atom. The fourth-order valence-corrected chi connectivity index (χ4v) is 2.66. The number of hydrogen-bond acceptors (Lipinski definition) is 2. The van der Waals surface area contributed by atoms with E-state index in [0.717, 1.165) is 28.8 Å². The summed E-state index contributed by atoms with van der Waals surface area (Å²) in [6, 6.07) is 0. The predicted molar refractivity (Wildman–Crippen MR) is 82.4 cm³/mol. The topological polar surface area (TPSA) is 34.9 Å². The number of nitrogens with zero attached hydrogens (tertiary/aromatic N) is 2. The Hall–Kier alpha value is -0.640. The fraction of sp³-hybridized carbons (Fsp3) is 0.733. The van der Waals surface area contributed by atoms with E-state index in [9.17, 15) is 4.79 Å². The highest BCUT2D eigenvalue weighted by Gasteiger charge is 2.15. The van der Waals surface area contributed by atoms with Gasteiger partial charge in [0.2, 0.25) is 0 Å². The zero-order valence-corrected chi connectivity index (χ0v) is 13.9. The molecular weight excluding hydrogens is 304 g/mol. The summed E-state index contributed by atoms with van der Waals surface area (Å²) in [5.74, 6) is 0.326. The molecule has 0 unspecified atom stereocenters. The molecule has 0 spiro atoms. The van der Waals surface area contributed by atoms with Crippen molar-refractivity contribution in [3.63, 3.8) is 0 Å². The van der Waals surface area contributed by atoms with E-state index in [1.54, 1.807) is 0 Å². The number of carbonyl (C=O) groups excluding carboxylic acids is 1. The molecule has 0 saturated heterocycles. The van der Waals surface area contributed by atoms with Gasteiger partial charge in [0.15, 0.2) is 0 Å². The van der Waals surface area contributed by atoms with Crippen molar-refractivity contribution < 1.29 is 4.79 Å². The molecule has 1 aromatic rings. The molecule has 0 fully saturated rings. The first-order valence-electron chi connectivity index (χ1n) is 7.33.